The number of halogens is 3. The van der Waals surface area contributed by atoms with E-state index >= 15 is 0 Å². The van der Waals surface area contributed by atoms with Gasteiger partial charge in [0.15, 0.2) is 0 Å². The lowest BCUT2D eigenvalue weighted by Gasteiger charge is -2.31. The van der Waals surface area contributed by atoms with Gasteiger partial charge in [-0.15, -0.1) is 0 Å². The third-order valence-electron chi connectivity index (χ3n) is 4.46. The van der Waals surface area contributed by atoms with E-state index in [1.54, 1.807) is 18.2 Å². The lowest BCUT2D eigenvalue weighted by Crippen LogP contribution is -2.34. The van der Waals surface area contributed by atoms with Crippen molar-refractivity contribution in [1.82, 2.24) is 0 Å². The Hall–Kier alpha value is -2.64. The van der Waals surface area contributed by atoms with Gasteiger partial charge in [0, 0.05) is 10.6 Å². The van der Waals surface area contributed by atoms with E-state index in [0.717, 1.165) is 16.4 Å². The molecule has 0 fully saturated rings. The summed E-state index contributed by atoms with van der Waals surface area (Å²) in [5.41, 5.74) is 0.371. The molecule has 0 aliphatic heterocycles. The Bertz CT molecular complexity index is 1120. The Morgan fingerprint density at radius 3 is 2.24 bits per heavy atom. The van der Waals surface area contributed by atoms with E-state index in [9.17, 15) is 17.2 Å². The molecule has 0 heterocycles. The second-order valence-corrected chi connectivity index (χ2v) is 8.49. The van der Waals surface area contributed by atoms with Crippen molar-refractivity contribution in [3.63, 3.8) is 0 Å². The summed E-state index contributed by atoms with van der Waals surface area (Å²) in [6.45, 7) is 1.53. The van der Waals surface area contributed by atoms with E-state index in [4.69, 9.17) is 16.3 Å². The number of sulfonamides is 1. The van der Waals surface area contributed by atoms with Crippen LogP contribution in [-0.4, -0.2) is 15.5 Å². The summed E-state index contributed by atoms with van der Waals surface area (Å²) < 4.78 is 61.9. The molecule has 0 N–H and O–H groups in total. The summed E-state index contributed by atoms with van der Waals surface area (Å²) >= 11 is 5.91. The summed E-state index contributed by atoms with van der Waals surface area (Å²) in [5.74, 6) is -1.01. The molecular weight excluding hydrogens is 420 g/mol. The molecule has 1 unspecified atom stereocenters. The molecule has 3 rings (SSSR count). The van der Waals surface area contributed by atoms with Gasteiger partial charge < -0.3 is 4.74 Å². The van der Waals surface area contributed by atoms with Gasteiger partial charge in [-0.2, -0.15) is 0 Å². The maximum absolute atomic E-state index is 14.4. The monoisotopic (exact) mass is 437 g/mol. The van der Waals surface area contributed by atoms with Crippen LogP contribution in [-0.2, 0) is 10.0 Å². The van der Waals surface area contributed by atoms with Crippen molar-refractivity contribution < 1.29 is 21.9 Å². The molecule has 0 aromatic heterocycles. The van der Waals surface area contributed by atoms with Crippen LogP contribution in [0.4, 0.5) is 14.5 Å². The standard InChI is InChI=1S/C21H18ClF2NO3S/c1-14(18-5-3-4-6-19(18)23)25(16-8-10-17(28-2)11-9-16)29(26,27)21-13-15(22)7-12-20(21)24/h3-14H,1-2H3. The maximum Gasteiger partial charge on any atom is 0.267 e. The van der Waals surface area contributed by atoms with Crippen LogP contribution >= 0.6 is 11.6 Å². The first-order valence-corrected chi connectivity index (χ1v) is 10.5. The number of hydrogen-bond donors (Lipinski definition) is 0. The Morgan fingerprint density at radius 2 is 1.62 bits per heavy atom. The first-order valence-electron chi connectivity index (χ1n) is 8.63. The predicted octanol–water partition coefficient (Wildman–Crippen LogP) is 5.58. The van der Waals surface area contributed by atoms with Crippen molar-refractivity contribution in [1.29, 1.82) is 0 Å². The Labute approximate surface area is 173 Å². The minimum absolute atomic E-state index is 0.0678. The highest BCUT2D eigenvalue weighted by molar-refractivity contribution is 7.92. The van der Waals surface area contributed by atoms with Gasteiger partial charge in [-0.25, -0.2) is 17.2 Å². The average Bonchev–Trinajstić information content (AvgIpc) is 2.70. The normalized spacial score (nSPS) is 12.4. The third-order valence-corrected chi connectivity index (χ3v) is 6.61. The lowest BCUT2D eigenvalue weighted by molar-refractivity contribution is 0.415. The van der Waals surface area contributed by atoms with E-state index < -0.39 is 32.6 Å². The van der Waals surface area contributed by atoms with E-state index in [2.05, 4.69) is 0 Å². The molecule has 0 aliphatic carbocycles. The highest BCUT2D eigenvalue weighted by Crippen LogP contribution is 2.36. The largest absolute Gasteiger partial charge is 0.497 e. The van der Waals surface area contributed by atoms with Gasteiger partial charge in [-0.05, 0) is 55.5 Å². The van der Waals surface area contributed by atoms with Crippen LogP contribution in [0, 0.1) is 11.6 Å². The van der Waals surface area contributed by atoms with Crippen LogP contribution in [0.2, 0.25) is 5.02 Å². The third kappa shape index (κ3) is 4.21. The zero-order chi connectivity index (χ0) is 21.2. The fraction of sp³-hybridized carbons (Fsp3) is 0.143. The zero-order valence-corrected chi connectivity index (χ0v) is 17.2. The molecule has 3 aromatic rings. The summed E-state index contributed by atoms with van der Waals surface area (Å²) in [5, 5.41) is 0.0678. The Balaban J connectivity index is 2.21. The molecule has 0 saturated carbocycles. The second kappa shape index (κ2) is 8.39. The number of hydrogen-bond acceptors (Lipinski definition) is 3. The molecule has 3 aromatic carbocycles. The molecule has 0 bridgehead atoms. The fourth-order valence-electron chi connectivity index (χ4n) is 3.02. The number of methoxy groups -OCH3 is 1. The van der Waals surface area contributed by atoms with E-state index in [1.807, 2.05) is 0 Å². The number of rotatable bonds is 6. The number of ether oxygens (including phenoxy) is 1. The molecule has 0 amide bonds. The van der Waals surface area contributed by atoms with Crippen LogP contribution in [0.3, 0.4) is 0 Å². The van der Waals surface area contributed by atoms with Gasteiger partial charge >= 0.3 is 0 Å². The minimum atomic E-state index is -4.42. The van der Waals surface area contributed by atoms with Crippen LogP contribution in [0.1, 0.15) is 18.5 Å². The van der Waals surface area contributed by atoms with Crippen LogP contribution in [0.5, 0.6) is 5.75 Å². The van der Waals surface area contributed by atoms with Gasteiger partial charge in [-0.1, -0.05) is 29.8 Å². The smallest absolute Gasteiger partial charge is 0.267 e. The molecule has 0 spiro atoms. The molecule has 0 aliphatic rings. The van der Waals surface area contributed by atoms with Crippen molar-refractivity contribution >= 4 is 27.3 Å². The topological polar surface area (TPSA) is 46.6 Å². The van der Waals surface area contributed by atoms with Crippen molar-refractivity contribution in [3.8, 4) is 5.75 Å². The van der Waals surface area contributed by atoms with Crippen LogP contribution in [0.25, 0.3) is 0 Å². The molecule has 8 heteroatoms. The Morgan fingerprint density at radius 1 is 0.966 bits per heavy atom. The maximum atomic E-state index is 14.4. The van der Waals surface area contributed by atoms with Crippen molar-refractivity contribution in [2.75, 3.05) is 11.4 Å². The summed E-state index contributed by atoms with van der Waals surface area (Å²) in [6, 6.07) is 14.3. The van der Waals surface area contributed by atoms with E-state index in [0.29, 0.717) is 5.75 Å². The minimum Gasteiger partial charge on any atom is -0.497 e. The van der Waals surface area contributed by atoms with Crippen molar-refractivity contribution in [2.45, 2.75) is 17.9 Å². The fourth-order valence-corrected chi connectivity index (χ4v) is 4.99. The first kappa shape index (κ1) is 21.1. The molecule has 152 valence electrons. The molecule has 0 radical (unpaired) electrons. The summed E-state index contributed by atoms with van der Waals surface area (Å²) in [4.78, 5) is -0.594. The highest BCUT2D eigenvalue weighted by atomic mass is 35.5. The van der Waals surface area contributed by atoms with Crippen molar-refractivity contribution in [3.05, 3.63) is 89.0 Å². The molecular formula is C21H18ClF2NO3S. The van der Waals surface area contributed by atoms with Gasteiger partial charge in [0.1, 0.15) is 22.3 Å². The van der Waals surface area contributed by atoms with Crippen molar-refractivity contribution in [2.24, 2.45) is 0 Å². The highest BCUT2D eigenvalue weighted by Gasteiger charge is 2.33. The lowest BCUT2D eigenvalue weighted by atomic mass is 10.1. The molecule has 4 nitrogen and oxygen atoms in total. The number of anilines is 1. The quantitative estimate of drug-likeness (QED) is 0.505. The molecule has 0 saturated heterocycles. The Kier molecular flexibility index (Phi) is 6.10. The number of nitrogens with zero attached hydrogens (tertiary/aromatic N) is 1. The van der Waals surface area contributed by atoms with Gasteiger partial charge in [0.2, 0.25) is 0 Å². The van der Waals surface area contributed by atoms with E-state index in [-0.39, 0.29) is 16.3 Å². The summed E-state index contributed by atoms with van der Waals surface area (Å²) in [7, 11) is -2.95. The zero-order valence-electron chi connectivity index (χ0n) is 15.6. The average molecular weight is 438 g/mol. The van der Waals surface area contributed by atoms with Gasteiger partial charge in [0.25, 0.3) is 10.0 Å². The van der Waals surface area contributed by atoms with E-state index in [1.165, 1.54) is 50.4 Å². The second-order valence-electron chi connectivity index (χ2n) is 6.27. The number of benzene rings is 3. The van der Waals surface area contributed by atoms with Crippen LogP contribution in [0.15, 0.2) is 71.6 Å². The molecule has 29 heavy (non-hydrogen) atoms. The summed E-state index contributed by atoms with van der Waals surface area (Å²) in [6.07, 6.45) is 0. The van der Waals surface area contributed by atoms with Gasteiger partial charge in [0.05, 0.1) is 18.8 Å². The predicted molar refractivity (Wildman–Crippen MR) is 109 cm³/mol. The van der Waals surface area contributed by atoms with Crippen LogP contribution < -0.4 is 9.04 Å². The van der Waals surface area contributed by atoms with Gasteiger partial charge in [-0.3, -0.25) is 4.31 Å². The first-order chi connectivity index (χ1) is 13.8. The SMILES string of the molecule is COc1ccc(N(C(C)c2ccccc2F)S(=O)(=O)c2cc(Cl)ccc2F)cc1. The molecule has 1 atom stereocenters.